The predicted octanol–water partition coefficient (Wildman–Crippen LogP) is 14.2. The molecular formula is C52H30N2S2. The molecule has 3 aromatic heterocycles. The smallest absolute Gasteiger partial charge is 0.0884 e. The summed E-state index contributed by atoms with van der Waals surface area (Å²) in [5.41, 5.74) is 11.3. The quantitative estimate of drug-likeness (QED) is 0.171. The lowest BCUT2D eigenvalue weighted by atomic mass is 9.99. The molecule has 2 nitrogen and oxygen atoms in total. The molecule has 4 heterocycles. The first-order chi connectivity index (χ1) is 27.7. The number of nitrogens with zero attached hydrogens (tertiary/aromatic N) is 2. The maximum Gasteiger partial charge on any atom is 0.0884 e. The average Bonchev–Trinajstić information content (AvgIpc) is 3.88. The third-order valence-corrected chi connectivity index (χ3v) is 13.6. The van der Waals surface area contributed by atoms with Crippen LogP contribution < -0.4 is 0 Å². The summed E-state index contributed by atoms with van der Waals surface area (Å²) < 4.78 is 6.25. The predicted molar refractivity (Wildman–Crippen MR) is 240 cm³/mol. The largest absolute Gasteiger partial charge is 0.309 e. The second-order valence-corrected chi connectivity index (χ2v) is 16.6. The second kappa shape index (κ2) is 12.4. The van der Waals surface area contributed by atoms with E-state index >= 15 is 0 Å². The first kappa shape index (κ1) is 31.6. The Morgan fingerprint density at radius 2 is 1.30 bits per heavy atom. The van der Waals surface area contributed by atoms with Crippen molar-refractivity contribution in [2.45, 2.75) is 6.42 Å². The van der Waals surface area contributed by atoms with Gasteiger partial charge < -0.3 is 4.57 Å². The van der Waals surface area contributed by atoms with Crippen LogP contribution in [0.3, 0.4) is 0 Å². The molecule has 12 rings (SSSR count). The van der Waals surface area contributed by atoms with Gasteiger partial charge in [0, 0.05) is 58.5 Å². The van der Waals surface area contributed by atoms with Crippen molar-refractivity contribution in [1.82, 2.24) is 4.57 Å². The van der Waals surface area contributed by atoms with Crippen LogP contribution in [-0.4, -0.2) is 10.3 Å². The minimum atomic E-state index is 0.775. The fraction of sp³-hybridized carbons (Fsp3) is 0.0192. The fourth-order valence-corrected chi connectivity index (χ4v) is 11.0. The van der Waals surface area contributed by atoms with E-state index < -0.39 is 0 Å². The number of rotatable bonds is 4. The van der Waals surface area contributed by atoms with Crippen LogP contribution in [0.15, 0.2) is 175 Å². The average molecular weight is 747 g/mol. The zero-order chi connectivity index (χ0) is 36.7. The number of thiophene rings is 2. The van der Waals surface area contributed by atoms with Gasteiger partial charge in [-0.25, -0.2) is 4.99 Å². The zero-order valence-corrected chi connectivity index (χ0v) is 31.7. The van der Waals surface area contributed by atoms with Gasteiger partial charge in [0.2, 0.25) is 0 Å². The number of aromatic nitrogens is 1. The van der Waals surface area contributed by atoms with Crippen LogP contribution in [0.1, 0.15) is 21.6 Å². The lowest BCUT2D eigenvalue weighted by molar-refractivity contribution is 1.18. The monoisotopic (exact) mass is 746 g/mol. The van der Waals surface area contributed by atoms with E-state index in [2.05, 4.69) is 181 Å². The molecule has 0 bridgehead atoms. The minimum Gasteiger partial charge on any atom is -0.309 e. The van der Waals surface area contributed by atoms with E-state index in [9.17, 15) is 0 Å². The summed E-state index contributed by atoms with van der Waals surface area (Å²) in [6.45, 7) is 0. The molecule has 0 saturated carbocycles. The topological polar surface area (TPSA) is 17.3 Å². The first-order valence-electron chi connectivity index (χ1n) is 18.9. The summed E-state index contributed by atoms with van der Waals surface area (Å²) in [5, 5.41) is 8.84. The van der Waals surface area contributed by atoms with Crippen molar-refractivity contribution in [1.29, 1.82) is 0 Å². The Bertz CT molecular complexity index is 3430. The molecule has 4 heteroatoms. The second-order valence-electron chi connectivity index (χ2n) is 14.5. The van der Waals surface area contributed by atoms with Crippen molar-refractivity contribution in [3.8, 4) is 16.8 Å². The van der Waals surface area contributed by atoms with Crippen molar-refractivity contribution in [2.24, 2.45) is 4.99 Å². The van der Waals surface area contributed by atoms with Gasteiger partial charge in [-0.1, -0.05) is 133 Å². The number of hydrogen-bond donors (Lipinski definition) is 0. The maximum absolute atomic E-state index is 5.61. The highest BCUT2D eigenvalue weighted by molar-refractivity contribution is 7.26. The number of benzene rings is 7. The van der Waals surface area contributed by atoms with Crippen LogP contribution in [-0.2, 0) is 6.42 Å². The van der Waals surface area contributed by atoms with Crippen LogP contribution in [0.25, 0.3) is 85.3 Å². The highest BCUT2D eigenvalue weighted by Gasteiger charge is 2.23. The summed E-state index contributed by atoms with van der Waals surface area (Å²) in [5.74, 6) is 0. The molecule has 0 spiro atoms. The number of fused-ring (bicyclic) bond motifs is 11. The van der Waals surface area contributed by atoms with Crippen LogP contribution in [0.5, 0.6) is 0 Å². The van der Waals surface area contributed by atoms with E-state index in [-0.39, 0.29) is 0 Å². The third kappa shape index (κ3) is 4.85. The van der Waals surface area contributed by atoms with Crippen LogP contribution >= 0.6 is 22.7 Å². The van der Waals surface area contributed by atoms with Crippen molar-refractivity contribution in [3.05, 3.63) is 204 Å². The van der Waals surface area contributed by atoms with Crippen LogP contribution in [0.2, 0.25) is 0 Å². The highest BCUT2D eigenvalue weighted by Crippen LogP contribution is 2.44. The summed E-state index contributed by atoms with van der Waals surface area (Å²) in [4.78, 5) is 6.81. The maximum atomic E-state index is 5.61. The molecule has 0 unspecified atom stereocenters. The summed E-state index contributed by atoms with van der Waals surface area (Å²) >= 11 is 3.64. The van der Waals surface area contributed by atoms with Crippen LogP contribution in [0, 0.1) is 12.1 Å². The van der Waals surface area contributed by atoms with Gasteiger partial charge in [0.15, 0.2) is 0 Å². The van der Waals surface area contributed by atoms with E-state index in [0.717, 1.165) is 44.9 Å². The van der Waals surface area contributed by atoms with Crippen molar-refractivity contribution in [3.63, 3.8) is 0 Å². The minimum absolute atomic E-state index is 0.775. The number of hydrogen-bond acceptors (Lipinski definition) is 3. The fourth-order valence-electron chi connectivity index (χ4n) is 8.71. The molecule has 260 valence electrons. The zero-order valence-electron chi connectivity index (χ0n) is 30.1. The van der Waals surface area contributed by atoms with Gasteiger partial charge in [-0.15, -0.1) is 22.7 Å². The normalized spacial score (nSPS) is 13.0. The molecule has 0 fully saturated rings. The van der Waals surface area contributed by atoms with Gasteiger partial charge in [-0.2, -0.15) is 0 Å². The Hall–Kier alpha value is -6.77. The standard InChI is InChI=1S/C52H30N2S2/c1-3-13-32(14-4-1)35-27-36(45-26-25-42-39-19-9-12-22-48(39)56-52(42)50(53-45)34-16-5-2-6-17-34)29-37(28-35)54-46-31-49-44(40-20-10-11-21-47(40)55-49)30-43(46)41-24-23-33-15-7-8-18-38(33)51(41)54/h1-11,13-21,23-24,26-31H,25H2. The molecule has 0 radical (unpaired) electrons. The summed E-state index contributed by atoms with van der Waals surface area (Å²) in [7, 11) is 0. The Morgan fingerprint density at radius 3 is 2.18 bits per heavy atom. The Balaban J connectivity index is 1.16. The molecule has 0 atom stereocenters. The molecule has 0 N–H and O–H groups in total. The first-order valence-corrected chi connectivity index (χ1v) is 20.6. The summed E-state index contributed by atoms with van der Waals surface area (Å²) in [6, 6.07) is 66.2. The van der Waals surface area contributed by atoms with Gasteiger partial charge in [-0.05, 0) is 77.0 Å². The molecule has 1 aliphatic rings. The lowest BCUT2D eigenvalue weighted by Gasteiger charge is -2.15. The van der Waals surface area contributed by atoms with Gasteiger partial charge >= 0.3 is 0 Å². The van der Waals surface area contributed by atoms with E-state index in [1.807, 2.05) is 17.4 Å². The molecule has 8 aromatic carbocycles. The number of allylic oxidation sites excluding steroid dienone is 1. The Labute approximate surface area is 331 Å². The van der Waals surface area contributed by atoms with E-state index in [4.69, 9.17) is 4.99 Å². The SMILES string of the molecule is c1ccc2c3c(sc2c#1)C(c1ccccc1)=NC(c1cc(-c2ccccc2)cc(-n2c4cc5sc6ccccc6c5cc4c4ccc5ccccc5c42)c1)=CC3. The Morgan fingerprint density at radius 1 is 0.536 bits per heavy atom. The molecule has 0 saturated heterocycles. The van der Waals surface area contributed by atoms with Gasteiger partial charge in [-0.3, -0.25) is 0 Å². The van der Waals surface area contributed by atoms with Crippen LogP contribution in [0.4, 0.5) is 0 Å². The van der Waals surface area contributed by atoms with E-state index in [1.165, 1.54) is 74.1 Å². The molecule has 0 aliphatic carbocycles. The van der Waals surface area contributed by atoms with Crippen molar-refractivity contribution >= 4 is 96.9 Å². The molecule has 0 amide bonds. The van der Waals surface area contributed by atoms with E-state index in [1.54, 1.807) is 11.3 Å². The third-order valence-electron chi connectivity index (χ3n) is 11.3. The lowest BCUT2D eigenvalue weighted by Crippen LogP contribution is -2.03. The molecular weight excluding hydrogens is 717 g/mol. The molecule has 1 aliphatic heterocycles. The molecule has 11 aromatic rings. The number of aliphatic imine (C=N–C) groups is 1. The van der Waals surface area contributed by atoms with E-state index in [0.29, 0.717) is 0 Å². The summed E-state index contributed by atoms with van der Waals surface area (Å²) in [6.07, 6.45) is 3.10. The van der Waals surface area contributed by atoms with Gasteiger partial charge in [0.05, 0.1) is 32.0 Å². The highest BCUT2D eigenvalue weighted by atomic mass is 32.1. The van der Waals surface area contributed by atoms with Crippen molar-refractivity contribution < 1.29 is 0 Å². The van der Waals surface area contributed by atoms with Gasteiger partial charge in [0.25, 0.3) is 0 Å². The Kier molecular flexibility index (Phi) is 6.98. The molecule has 56 heavy (non-hydrogen) atoms. The van der Waals surface area contributed by atoms with Crippen molar-refractivity contribution in [2.75, 3.05) is 0 Å². The van der Waals surface area contributed by atoms with Gasteiger partial charge in [0.1, 0.15) is 0 Å².